The summed E-state index contributed by atoms with van der Waals surface area (Å²) in [6.45, 7) is 4.27. The summed E-state index contributed by atoms with van der Waals surface area (Å²) in [5, 5.41) is 5.87. The summed E-state index contributed by atoms with van der Waals surface area (Å²) >= 11 is 0. The SMILES string of the molecule is CCC(CC(C)C(=O)CCCCCCNC(=O)CN=[N+]=[N-])C(=O)N(C)C. The van der Waals surface area contributed by atoms with Gasteiger partial charge in [0.25, 0.3) is 0 Å². The fourth-order valence-corrected chi connectivity index (χ4v) is 2.77. The van der Waals surface area contributed by atoms with E-state index in [1.165, 1.54) is 0 Å². The largest absolute Gasteiger partial charge is 0.356 e. The second-order valence-electron chi connectivity index (χ2n) is 6.84. The number of unbranched alkanes of at least 4 members (excludes halogenated alkanes) is 3. The first-order valence-corrected chi connectivity index (χ1v) is 9.34. The molecule has 0 radical (unpaired) electrons. The first kappa shape index (κ1) is 23.9. The van der Waals surface area contributed by atoms with E-state index in [4.69, 9.17) is 5.53 Å². The van der Waals surface area contributed by atoms with E-state index in [1.807, 2.05) is 13.8 Å². The van der Waals surface area contributed by atoms with Gasteiger partial charge in [-0.1, -0.05) is 31.8 Å². The molecule has 0 aromatic rings. The van der Waals surface area contributed by atoms with Crippen LogP contribution in [0, 0.1) is 11.8 Å². The Morgan fingerprint density at radius 3 is 2.38 bits per heavy atom. The number of carbonyl (C=O) groups is 3. The van der Waals surface area contributed by atoms with Crippen LogP contribution < -0.4 is 5.32 Å². The van der Waals surface area contributed by atoms with Gasteiger partial charge in [-0.2, -0.15) is 0 Å². The molecule has 8 heteroatoms. The second-order valence-corrected chi connectivity index (χ2v) is 6.84. The van der Waals surface area contributed by atoms with E-state index in [9.17, 15) is 14.4 Å². The van der Waals surface area contributed by atoms with Crippen molar-refractivity contribution in [1.29, 1.82) is 0 Å². The van der Waals surface area contributed by atoms with Crippen LogP contribution in [0.25, 0.3) is 10.4 Å². The molecule has 0 fully saturated rings. The third-order valence-electron chi connectivity index (χ3n) is 4.42. The van der Waals surface area contributed by atoms with Crippen LogP contribution in [0.2, 0.25) is 0 Å². The van der Waals surface area contributed by atoms with Gasteiger partial charge in [0.15, 0.2) is 0 Å². The zero-order chi connectivity index (χ0) is 19.9. The molecule has 0 aliphatic rings. The summed E-state index contributed by atoms with van der Waals surface area (Å²) in [5.41, 5.74) is 8.11. The van der Waals surface area contributed by atoms with Crippen molar-refractivity contribution in [3.63, 3.8) is 0 Å². The van der Waals surface area contributed by atoms with E-state index in [-0.39, 0.29) is 36.0 Å². The number of nitrogens with one attached hydrogen (secondary N) is 1. The van der Waals surface area contributed by atoms with Crippen molar-refractivity contribution in [3.8, 4) is 0 Å². The molecule has 0 aromatic heterocycles. The Morgan fingerprint density at radius 1 is 1.15 bits per heavy atom. The first-order chi connectivity index (χ1) is 12.3. The van der Waals surface area contributed by atoms with E-state index in [2.05, 4.69) is 15.3 Å². The lowest BCUT2D eigenvalue weighted by molar-refractivity contribution is -0.134. The molecule has 0 spiro atoms. The van der Waals surface area contributed by atoms with Crippen LogP contribution in [0.15, 0.2) is 5.11 Å². The molecule has 0 bridgehead atoms. The molecule has 148 valence electrons. The highest BCUT2D eigenvalue weighted by molar-refractivity contribution is 5.82. The Balaban J connectivity index is 3.89. The van der Waals surface area contributed by atoms with Gasteiger partial charge in [0.1, 0.15) is 12.3 Å². The lowest BCUT2D eigenvalue weighted by Gasteiger charge is -2.21. The van der Waals surface area contributed by atoms with Crippen molar-refractivity contribution in [1.82, 2.24) is 10.2 Å². The molecule has 0 aliphatic heterocycles. The standard InChI is InChI=1S/C18H33N5O3/c1-5-15(18(26)23(3)4)12-14(2)16(24)10-8-6-7-9-11-20-17(25)13-21-22-19/h14-15H,5-13H2,1-4H3,(H,20,25). The van der Waals surface area contributed by atoms with Gasteiger partial charge in [0, 0.05) is 43.8 Å². The van der Waals surface area contributed by atoms with Gasteiger partial charge in [-0.05, 0) is 31.2 Å². The molecule has 0 heterocycles. The molecule has 1 N–H and O–H groups in total. The van der Waals surface area contributed by atoms with Crippen molar-refractivity contribution < 1.29 is 14.4 Å². The normalized spacial score (nSPS) is 12.6. The number of azide groups is 1. The summed E-state index contributed by atoms with van der Waals surface area (Å²) in [6.07, 6.45) is 5.43. The van der Waals surface area contributed by atoms with Crippen LogP contribution in [0.5, 0.6) is 0 Å². The van der Waals surface area contributed by atoms with Gasteiger partial charge in [0.05, 0.1) is 0 Å². The maximum Gasteiger partial charge on any atom is 0.225 e. The minimum absolute atomic E-state index is 0.0853. The molecular formula is C18H33N5O3. The third-order valence-corrected chi connectivity index (χ3v) is 4.42. The Bertz CT molecular complexity index is 501. The quantitative estimate of drug-likeness (QED) is 0.220. The second kappa shape index (κ2) is 14.1. The van der Waals surface area contributed by atoms with Gasteiger partial charge >= 0.3 is 0 Å². The number of Topliss-reactive ketones (excluding diaryl/α,β-unsaturated/α-hetero) is 1. The summed E-state index contributed by atoms with van der Waals surface area (Å²) in [4.78, 5) is 39.6. The van der Waals surface area contributed by atoms with Crippen LogP contribution in [-0.4, -0.2) is 49.7 Å². The Hall–Kier alpha value is -2.08. The zero-order valence-corrected chi connectivity index (χ0v) is 16.5. The Kier molecular flexibility index (Phi) is 13.0. The highest BCUT2D eigenvalue weighted by Crippen LogP contribution is 2.20. The summed E-state index contributed by atoms with van der Waals surface area (Å²) < 4.78 is 0. The predicted octanol–water partition coefficient (Wildman–Crippen LogP) is 3.07. The minimum atomic E-state index is -0.274. The van der Waals surface area contributed by atoms with E-state index in [0.717, 1.165) is 32.1 Å². The molecular weight excluding hydrogens is 334 g/mol. The van der Waals surface area contributed by atoms with Crippen LogP contribution in [0.3, 0.4) is 0 Å². The Morgan fingerprint density at radius 2 is 1.81 bits per heavy atom. The molecule has 26 heavy (non-hydrogen) atoms. The number of rotatable bonds is 14. The van der Waals surface area contributed by atoms with E-state index < -0.39 is 0 Å². The highest BCUT2D eigenvalue weighted by atomic mass is 16.2. The number of carbonyl (C=O) groups excluding carboxylic acids is 3. The van der Waals surface area contributed by atoms with Crippen molar-refractivity contribution >= 4 is 17.6 Å². The molecule has 8 nitrogen and oxygen atoms in total. The fourth-order valence-electron chi connectivity index (χ4n) is 2.77. The van der Waals surface area contributed by atoms with Crippen LogP contribution in [-0.2, 0) is 14.4 Å². The van der Waals surface area contributed by atoms with Crippen molar-refractivity contribution in [2.24, 2.45) is 17.0 Å². The molecule has 0 rings (SSSR count). The fraction of sp³-hybridized carbons (Fsp3) is 0.833. The van der Waals surface area contributed by atoms with Crippen LogP contribution in [0.1, 0.15) is 58.8 Å². The average Bonchev–Trinajstić information content (AvgIpc) is 2.62. The molecule has 0 aromatic carbocycles. The topological polar surface area (TPSA) is 115 Å². The van der Waals surface area contributed by atoms with Gasteiger partial charge in [-0.15, -0.1) is 0 Å². The smallest absolute Gasteiger partial charge is 0.225 e. The number of hydrogen-bond acceptors (Lipinski definition) is 4. The van der Waals surface area contributed by atoms with Crippen molar-refractivity contribution in [2.75, 3.05) is 27.2 Å². The van der Waals surface area contributed by atoms with Gasteiger partial charge in [-0.25, -0.2) is 0 Å². The van der Waals surface area contributed by atoms with Crippen LogP contribution >= 0.6 is 0 Å². The highest BCUT2D eigenvalue weighted by Gasteiger charge is 2.23. The molecule has 0 saturated heterocycles. The van der Waals surface area contributed by atoms with Crippen molar-refractivity contribution in [2.45, 2.75) is 58.8 Å². The maximum atomic E-state index is 12.2. The van der Waals surface area contributed by atoms with E-state index in [1.54, 1.807) is 19.0 Å². The molecule has 2 amide bonds. The molecule has 0 saturated carbocycles. The van der Waals surface area contributed by atoms with Crippen molar-refractivity contribution in [3.05, 3.63) is 10.4 Å². The number of ketones is 1. The molecule has 2 atom stereocenters. The predicted molar refractivity (Wildman–Crippen MR) is 101 cm³/mol. The minimum Gasteiger partial charge on any atom is -0.356 e. The number of nitrogens with zero attached hydrogens (tertiary/aromatic N) is 4. The molecule has 2 unspecified atom stereocenters. The number of amides is 2. The zero-order valence-electron chi connectivity index (χ0n) is 16.5. The molecule has 0 aliphatic carbocycles. The van der Waals surface area contributed by atoms with E-state index in [0.29, 0.717) is 19.4 Å². The van der Waals surface area contributed by atoms with Crippen LogP contribution in [0.4, 0.5) is 0 Å². The third kappa shape index (κ3) is 10.7. The van der Waals surface area contributed by atoms with Gasteiger partial charge < -0.3 is 10.2 Å². The Labute approximate surface area is 156 Å². The first-order valence-electron chi connectivity index (χ1n) is 9.34. The monoisotopic (exact) mass is 367 g/mol. The van der Waals surface area contributed by atoms with Gasteiger partial charge in [-0.3, -0.25) is 14.4 Å². The summed E-state index contributed by atoms with van der Waals surface area (Å²) in [5.74, 6) is -0.140. The number of hydrogen-bond donors (Lipinski definition) is 1. The lowest BCUT2D eigenvalue weighted by Crippen LogP contribution is -2.31. The van der Waals surface area contributed by atoms with Gasteiger partial charge in [0.2, 0.25) is 11.8 Å². The summed E-state index contributed by atoms with van der Waals surface area (Å²) in [7, 11) is 3.49. The van der Waals surface area contributed by atoms with E-state index >= 15 is 0 Å². The maximum absolute atomic E-state index is 12.2. The summed E-state index contributed by atoms with van der Waals surface area (Å²) in [6, 6.07) is 0. The average molecular weight is 367 g/mol. The lowest BCUT2D eigenvalue weighted by atomic mass is 9.88.